The van der Waals surface area contributed by atoms with E-state index in [2.05, 4.69) is 10.3 Å². The third-order valence-electron chi connectivity index (χ3n) is 2.99. The zero-order valence-corrected chi connectivity index (χ0v) is 10.1. The highest BCUT2D eigenvalue weighted by Crippen LogP contribution is 2.09. The normalized spacial score (nSPS) is 20.5. The lowest BCUT2D eigenvalue weighted by Gasteiger charge is -2.35. The molecule has 1 aromatic heterocycles. The first-order valence-electron chi connectivity index (χ1n) is 5.95. The molecule has 5 heteroatoms. The third kappa shape index (κ3) is 3.08. The molecule has 1 amide bonds. The molecule has 0 bridgehead atoms. The fraction of sp³-hybridized carbons (Fsp3) is 0.583. The second-order valence-corrected chi connectivity index (χ2v) is 4.25. The molecule has 5 nitrogen and oxygen atoms in total. The first-order valence-corrected chi connectivity index (χ1v) is 5.95. The molecule has 2 heterocycles. The maximum absolute atomic E-state index is 12.2. The molecule has 0 saturated carbocycles. The van der Waals surface area contributed by atoms with Crippen molar-refractivity contribution >= 4 is 5.91 Å². The summed E-state index contributed by atoms with van der Waals surface area (Å²) < 4.78 is 5.41. The number of carbonyl (C=O) groups excluding carboxylic acids is 1. The molecule has 0 radical (unpaired) electrons. The molecule has 1 atom stereocenters. The SMILES string of the molecule is CNCC1COCCN1C(=O)Cc1ccc[nH]1. The number of morpholine rings is 1. The molecule has 2 N–H and O–H groups in total. The summed E-state index contributed by atoms with van der Waals surface area (Å²) in [4.78, 5) is 17.2. The molecule has 1 unspecified atom stereocenters. The lowest BCUT2D eigenvalue weighted by molar-refractivity contribution is -0.138. The topological polar surface area (TPSA) is 57.4 Å². The number of amides is 1. The van der Waals surface area contributed by atoms with Gasteiger partial charge in [0.15, 0.2) is 0 Å². The maximum atomic E-state index is 12.2. The molecule has 0 spiro atoms. The van der Waals surface area contributed by atoms with Crippen molar-refractivity contribution in [3.05, 3.63) is 24.0 Å². The van der Waals surface area contributed by atoms with Crippen molar-refractivity contribution < 1.29 is 9.53 Å². The van der Waals surface area contributed by atoms with Crippen LogP contribution >= 0.6 is 0 Å². The van der Waals surface area contributed by atoms with E-state index in [-0.39, 0.29) is 11.9 Å². The van der Waals surface area contributed by atoms with Crippen LogP contribution in [0.1, 0.15) is 5.69 Å². The van der Waals surface area contributed by atoms with E-state index in [0.29, 0.717) is 26.2 Å². The van der Waals surface area contributed by atoms with E-state index in [9.17, 15) is 4.79 Å². The van der Waals surface area contributed by atoms with Gasteiger partial charge in [0, 0.05) is 25.0 Å². The quantitative estimate of drug-likeness (QED) is 0.775. The summed E-state index contributed by atoms with van der Waals surface area (Å²) in [5, 5.41) is 3.10. The van der Waals surface area contributed by atoms with Crippen molar-refractivity contribution in [1.29, 1.82) is 0 Å². The van der Waals surface area contributed by atoms with Crippen molar-refractivity contribution in [3.8, 4) is 0 Å². The van der Waals surface area contributed by atoms with E-state index in [4.69, 9.17) is 4.74 Å². The molecule has 94 valence electrons. The molecule has 1 aliphatic heterocycles. The average molecular weight is 237 g/mol. The van der Waals surface area contributed by atoms with Crippen LogP contribution in [0.2, 0.25) is 0 Å². The molecule has 1 aromatic rings. The van der Waals surface area contributed by atoms with E-state index in [1.54, 1.807) is 0 Å². The number of hydrogen-bond acceptors (Lipinski definition) is 3. The Balaban J connectivity index is 1.96. The molecule has 1 fully saturated rings. The van der Waals surface area contributed by atoms with Crippen molar-refractivity contribution in [2.45, 2.75) is 12.5 Å². The van der Waals surface area contributed by atoms with Crippen molar-refractivity contribution in [3.63, 3.8) is 0 Å². The van der Waals surface area contributed by atoms with Gasteiger partial charge in [-0.2, -0.15) is 0 Å². The van der Waals surface area contributed by atoms with Crippen LogP contribution in [0.15, 0.2) is 18.3 Å². The van der Waals surface area contributed by atoms with Gasteiger partial charge >= 0.3 is 0 Å². The Labute approximate surface area is 101 Å². The molecule has 1 saturated heterocycles. The zero-order valence-electron chi connectivity index (χ0n) is 10.1. The minimum absolute atomic E-state index is 0.149. The molecule has 0 aromatic carbocycles. The van der Waals surface area contributed by atoms with Gasteiger partial charge in [-0.05, 0) is 19.2 Å². The summed E-state index contributed by atoms with van der Waals surface area (Å²) in [5.41, 5.74) is 0.963. The van der Waals surface area contributed by atoms with E-state index in [0.717, 1.165) is 12.2 Å². The average Bonchev–Trinajstić information content (AvgIpc) is 2.83. The number of nitrogens with zero attached hydrogens (tertiary/aromatic N) is 1. The van der Waals surface area contributed by atoms with Crippen LogP contribution in [0.5, 0.6) is 0 Å². The fourth-order valence-electron chi connectivity index (χ4n) is 2.13. The summed E-state index contributed by atoms with van der Waals surface area (Å²) in [5.74, 6) is 0.163. The highest BCUT2D eigenvalue weighted by molar-refractivity contribution is 5.78. The van der Waals surface area contributed by atoms with Crippen LogP contribution in [0.4, 0.5) is 0 Å². The summed E-state index contributed by atoms with van der Waals surface area (Å²) in [6, 6.07) is 3.99. The molecule has 0 aliphatic carbocycles. The predicted octanol–water partition coefficient (Wildman–Crippen LogP) is 0.00400. The Morgan fingerprint density at radius 1 is 1.71 bits per heavy atom. The first kappa shape index (κ1) is 12.1. The zero-order chi connectivity index (χ0) is 12.1. The number of carbonyl (C=O) groups is 1. The number of hydrogen-bond donors (Lipinski definition) is 2. The Bertz CT molecular complexity index is 349. The number of aromatic amines is 1. The number of ether oxygens (including phenoxy) is 1. The number of rotatable bonds is 4. The van der Waals surface area contributed by atoms with Gasteiger partial charge in [-0.25, -0.2) is 0 Å². The molecule has 17 heavy (non-hydrogen) atoms. The Morgan fingerprint density at radius 2 is 2.59 bits per heavy atom. The largest absolute Gasteiger partial charge is 0.377 e. The Kier molecular flexibility index (Phi) is 4.17. The van der Waals surface area contributed by atoms with Crippen molar-refractivity contribution in [1.82, 2.24) is 15.2 Å². The second-order valence-electron chi connectivity index (χ2n) is 4.25. The van der Waals surface area contributed by atoms with Gasteiger partial charge in [-0.3, -0.25) is 4.79 Å². The van der Waals surface area contributed by atoms with Gasteiger partial charge < -0.3 is 19.9 Å². The maximum Gasteiger partial charge on any atom is 0.228 e. The summed E-state index contributed by atoms with van der Waals surface area (Å²) in [7, 11) is 1.89. The minimum Gasteiger partial charge on any atom is -0.377 e. The Morgan fingerprint density at radius 3 is 3.29 bits per heavy atom. The van der Waals surface area contributed by atoms with Gasteiger partial charge in [0.25, 0.3) is 0 Å². The van der Waals surface area contributed by atoms with Crippen LogP contribution in [-0.4, -0.2) is 55.2 Å². The highest BCUT2D eigenvalue weighted by atomic mass is 16.5. The summed E-state index contributed by atoms with van der Waals surface area (Å²) in [6.45, 7) is 2.72. The van der Waals surface area contributed by atoms with Gasteiger partial charge in [0.05, 0.1) is 25.7 Å². The minimum atomic E-state index is 0.149. The smallest absolute Gasteiger partial charge is 0.228 e. The van der Waals surface area contributed by atoms with Crippen LogP contribution in [0, 0.1) is 0 Å². The summed E-state index contributed by atoms with van der Waals surface area (Å²) in [6.07, 6.45) is 2.28. The van der Waals surface area contributed by atoms with Gasteiger partial charge in [-0.15, -0.1) is 0 Å². The number of H-pyrrole nitrogens is 1. The number of aromatic nitrogens is 1. The third-order valence-corrected chi connectivity index (χ3v) is 2.99. The van der Waals surface area contributed by atoms with Gasteiger partial charge in [-0.1, -0.05) is 0 Å². The van der Waals surface area contributed by atoms with Crippen LogP contribution in [0.3, 0.4) is 0 Å². The molecular formula is C12H19N3O2. The lowest BCUT2D eigenvalue weighted by atomic mass is 10.2. The van der Waals surface area contributed by atoms with E-state index < -0.39 is 0 Å². The van der Waals surface area contributed by atoms with Crippen LogP contribution < -0.4 is 5.32 Å². The van der Waals surface area contributed by atoms with Crippen LogP contribution in [-0.2, 0) is 16.0 Å². The standard InChI is InChI=1S/C12H19N3O2/c1-13-8-11-9-17-6-5-15(11)12(16)7-10-3-2-4-14-10/h2-4,11,13-14H,5-9H2,1H3. The van der Waals surface area contributed by atoms with E-state index in [1.807, 2.05) is 30.3 Å². The second kappa shape index (κ2) is 5.84. The predicted molar refractivity (Wildman–Crippen MR) is 64.7 cm³/mol. The highest BCUT2D eigenvalue weighted by Gasteiger charge is 2.26. The first-order chi connectivity index (χ1) is 8.31. The number of nitrogens with one attached hydrogen (secondary N) is 2. The monoisotopic (exact) mass is 237 g/mol. The lowest BCUT2D eigenvalue weighted by Crippen LogP contribution is -2.53. The molecule has 1 aliphatic rings. The van der Waals surface area contributed by atoms with E-state index in [1.165, 1.54) is 0 Å². The fourth-order valence-corrected chi connectivity index (χ4v) is 2.13. The number of likely N-dealkylation sites (N-methyl/N-ethyl adjacent to an activating group) is 1. The van der Waals surface area contributed by atoms with Gasteiger partial charge in [0.1, 0.15) is 0 Å². The van der Waals surface area contributed by atoms with E-state index >= 15 is 0 Å². The molecular weight excluding hydrogens is 218 g/mol. The van der Waals surface area contributed by atoms with Gasteiger partial charge in [0.2, 0.25) is 5.91 Å². The Hall–Kier alpha value is -1.33. The molecule has 2 rings (SSSR count). The van der Waals surface area contributed by atoms with Crippen LogP contribution in [0.25, 0.3) is 0 Å². The van der Waals surface area contributed by atoms with Crippen molar-refractivity contribution in [2.75, 3.05) is 33.4 Å². The summed E-state index contributed by atoms with van der Waals surface area (Å²) >= 11 is 0. The van der Waals surface area contributed by atoms with Crippen molar-refractivity contribution in [2.24, 2.45) is 0 Å².